The maximum atomic E-state index is 11.6. The van der Waals surface area contributed by atoms with Gasteiger partial charge in [-0.2, -0.15) is 0 Å². The Morgan fingerprint density at radius 1 is 1.56 bits per heavy atom. The minimum Gasteiger partial charge on any atom is -0.438 e. The molecule has 0 atom stereocenters. The molecule has 0 saturated carbocycles. The van der Waals surface area contributed by atoms with Crippen molar-refractivity contribution in [3.8, 4) is 0 Å². The Balaban J connectivity index is 1.88. The predicted octanol–water partition coefficient (Wildman–Crippen LogP) is 0.915. The van der Waals surface area contributed by atoms with Crippen molar-refractivity contribution in [1.29, 1.82) is 0 Å². The Bertz CT molecular complexity index is 531. The van der Waals surface area contributed by atoms with E-state index in [1.807, 2.05) is 6.20 Å². The highest BCUT2D eigenvalue weighted by atomic mass is 16.4. The Kier molecular flexibility index (Phi) is 3.71. The maximum absolute atomic E-state index is 11.6. The van der Waals surface area contributed by atoms with Crippen LogP contribution < -0.4 is 5.32 Å². The van der Waals surface area contributed by atoms with E-state index < -0.39 is 0 Å². The highest BCUT2D eigenvalue weighted by Gasteiger charge is 2.12. The summed E-state index contributed by atoms with van der Waals surface area (Å²) < 4.78 is 6.86. The second-order valence-electron chi connectivity index (χ2n) is 3.93. The molecule has 0 radical (unpaired) electrons. The summed E-state index contributed by atoms with van der Waals surface area (Å²) >= 11 is 0. The standard InChI is InChI=1S/C11H15N5O2/c1-3-4-16-7-9(14-15-16)6-12-10(17)11-13-5-8(2)18-11/h5,7H,3-4,6H2,1-2H3,(H,12,17). The quantitative estimate of drug-likeness (QED) is 0.851. The molecule has 2 heterocycles. The molecule has 0 aliphatic carbocycles. The fraction of sp³-hybridized carbons (Fsp3) is 0.455. The van der Waals surface area contributed by atoms with Crippen LogP contribution in [0.4, 0.5) is 0 Å². The SMILES string of the molecule is CCCn1cc(CNC(=O)c2ncc(C)o2)nn1. The molecule has 0 aliphatic rings. The first-order valence-electron chi connectivity index (χ1n) is 5.78. The first-order valence-corrected chi connectivity index (χ1v) is 5.78. The van der Waals surface area contributed by atoms with Crippen LogP contribution in [0.2, 0.25) is 0 Å². The Morgan fingerprint density at radius 3 is 3.06 bits per heavy atom. The molecule has 0 spiro atoms. The van der Waals surface area contributed by atoms with Crippen LogP contribution in [0.25, 0.3) is 0 Å². The lowest BCUT2D eigenvalue weighted by atomic mass is 10.4. The number of oxazole rings is 1. The van der Waals surface area contributed by atoms with Gasteiger partial charge in [0.2, 0.25) is 0 Å². The van der Waals surface area contributed by atoms with Crippen molar-refractivity contribution in [3.63, 3.8) is 0 Å². The number of aromatic nitrogens is 4. The van der Waals surface area contributed by atoms with Crippen molar-refractivity contribution in [2.45, 2.75) is 33.4 Å². The van der Waals surface area contributed by atoms with Crippen LogP contribution >= 0.6 is 0 Å². The minimum absolute atomic E-state index is 0.0634. The molecule has 2 rings (SSSR count). The van der Waals surface area contributed by atoms with Gasteiger partial charge in [-0.05, 0) is 13.3 Å². The molecule has 1 amide bonds. The van der Waals surface area contributed by atoms with Crippen LogP contribution in [0, 0.1) is 6.92 Å². The highest BCUT2D eigenvalue weighted by Crippen LogP contribution is 2.01. The third kappa shape index (κ3) is 2.93. The Morgan fingerprint density at radius 2 is 2.39 bits per heavy atom. The van der Waals surface area contributed by atoms with Crippen LogP contribution in [0.15, 0.2) is 16.8 Å². The molecule has 0 unspecified atom stereocenters. The average molecular weight is 249 g/mol. The summed E-state index contributed by atoms with van der Waals surface area (Å²) in [4.78, 5) is 15.5. The molecule has 0 bridgehead atoms. The number of rotatable bonds is 5. The van der Waals surface area contributed by atoms with Crippen molar-refractivity contribution in [2.24, 2.45) is 0 Å². The number of nitrogens with one attached hydrogen (secondary N) is 1. The van der Waals surface area contributed by atoms with Gasteiger partial charge in [0.15, 0.2) is 0 Å². The first kappa shape index (κ1) is 12.3. The maximum Gasteiger partial charge on any atom is 0.307 e. The van der Waals surface area contributed by atoms with Crippen molar-refractivity contribution in [2.75, 3.05) is 0 Å². The second kappa shape index (κ2) is 5.44. The van der Waals surface area contributed by atoms with Crippen LogP contribution in [0.1, 0.15) is 35.5 Å². The average Bonchev–Trinajstić information content (AvgIpc) is 2.96. The number of carbonyl (C=O) groups excluding carboxylic acids is 1. The van der Waals surface area contributed by atoms with E-state index in [0.29, 0.717) is 18.0 Å². The molecule has 0 saturated heterocycles. The molecule has 96 valence electrons. The lowest BCUT2D eigenvalue weighted by Gasteiger charge is -1.98. The van der Waals surface area contributed by atoms with E-state index in [1.165, 1.54) is 6.20 Å². The molecule has 1 N–H and O–H groups in total. The van der Waals surface area contributed by atoms with E-state index in [1.54, 1.807) is 11.6 Å². The van der Waals surface area contributed by atoms with Gasteiger partial charge in [0.25, 0.3) is 5.89 Å². The van der Waals surface area contributed by atoms with Gasteiger partial charge in [-0.15, -0.1) is 5.10 Å². The lowest BCUT2D eigenvalue weighted by molar-refractivity contribution is 0.0914. The molecular weight excluding hydrogens is 234 g/mol. The van der Waals surface area contributed by atoms with Gasteiger partial charge < -0.3 is 9.73 Å². The van der Waals surface area contributed by atoms with Gasteiger partial charge in [0.1, 0.15) is 11.5 Å². The van der Waals surface area contributed by atoms with Gasteiger partial charge in [-0.3, -0.25) is 9.48 Å². The third-order valence-electron chi connectivity index (χ3n) is 2.28. The van der Waals surface area contributed by atoms with Crippen molar-refractivity contribution >= 4 is 5.91 Å². The summed E-state index contributed by atoms with van der Waals surface area (Å²) in [6.45, 7) is 4.93. The summed E-state index contributed by atoms with van der Waals surface area (Å²) in [5, 5.41) is 10.6. The molecule has 2 aromatic rings. The number of aryl methyl sites for hydroxylation is 2. The number of hydrogen-bond donors (Lipinski definition) is 1. The molecule has 0 aromatic carbocycles. The molecule has 0 aliphatic heterocycles. The first-order chi connectivity index (χ1) is 8.69. The van der Waals surface area contributed by atoms with Gasteiger partial charge in [0, 0.05) is 6.54 Å². The summed E-state index contributed by atoms with van der Waals surface area (Å²) in [6.07, 6.45) is 4.31. The number of carbonyl (C=O) groups is 1. The zero-order valence-corrected chi connectivity index (χ0v) is 10.4. The lowest BCUT2D eigenvalue weighted by Crippen LogP contribution is -2.23. The van der Waals surface area contributed by atoms with Crippen LogP contribution in [-0.2, 0) is 13.1 Å². The van der Waals surface area contributed by atoms with Crippen LogP contribution in [0.3, 0.4) is 0 Å². The van der Waals surface area contributed by atoms with E-state index in [9.17, 15) is 4.79 Å². The van der Waals surface area contributed by atoms with Crippen molar-refractivity contribution in [1.82, 2.24) is 25.3 Å². The van der Waals surface area contributed by atoms with Crippen molar-refractivity contribution < 1.29 is 9.21 Å². The van der Waals surface area contributed by atoms with E-state index in [4.69, 9.17) is 4.42 Å². The molecule has 7 nitrogen and oxygen atoms in total. The Hall–Kier alpha value is -2.18. The summed E-state index contributed by atoms with van der Waals surface area (Å²) in [6, 6.07) is 0. The fourth-order valence-electron chi connectivity index (χ4n) is 1.46. The van der Waals surface area contributed by atoms with E-state index in [-0.39, 0.29) is 11.8 Å². The molecule has 18 heavy (non-hydrogen) atoms. The Labute approximate surface area is 104 Å². The van der Waals surface area contributed by atoms with E-state index in [2.05, 4.69) is 27.5 Å². The highest BCUT2D eigenvalue weighted by molar-refractivity contribution is 5.89. The van der Waals surface area contributed by atoms with Gasteiger partial charge in [0.05, 0.1) is 18.9 Å². The second-order valence-corrected chi connectivity index (χ2v) is 3.93. The smallest absolute Gasteiger partial charge is 0.307 e. The number of hydrogen-bond acceptors (Lipinski definition) is 5. The summed E-state index contributed by atoms with van der Waals surface area (Å²) in [5.41, 5.74) is 0.708. The van der Waals surface area contributed by atoms with Crippen LogP contribution in [-0.4, -0.2) is 25.9 Å². The van der Waals surface area contributed by atoms with Crippen molar-refractivity contribution in [3.05, 3.63) is 29.7 Å². The zero-order valence-electron chi connectivity index (χ0n) is 10.4. The van der Waals surface area contributed by atoms with Gasteiger partial charge >= 0.3 is 5.91 Å². The summed E-state index contributed by atoms with van der Waals surface area (Å²) in [7, 11) is 0. The minimum atomic E-state index is -0.354. The predicted molar refractivity (Wildman–Crippen MR) is 62.7 cm³/mol. The molecular formula is C11H15N5O2. The third-order valence-corrected chi connectivity index (χ3v) is 2.28. The molecule has 0 fully saturated rings. The molecule has 7 heteroatoms. The van der Waals surface area contributed by atoms with E-state index >= 15 is 0 Å². The van der Waals surface area contributed by atoms with Gasteiger partial charge in [-0.25, -0.2) is 4.98 Å². The van der Waals surface area contributed by atoms with Gasteiger partial charge in [-0.1, -0.05) is 12.1 Å². The monoisotopic (exact) mass is 249 g/mol. The zero-order chi connectivity index (χ0) is 13.0. The number of amides is 1. The van der Waals surface area contributed by atoms with E-state index in [0.717, 1.165) is 13.0 Å². The number of nitrogens with zero attached hydrogens (tertiary/aromatic N) is 4. The normalized spacial score (nSPS) is 10.6. The molecule has 2 aromatic heterocycles. The summed E-state index contributed by atoms with van der Waals surface area (Å²) in [5.74, 6) is 0.315. The largest absolute Gasteiger partial charge is 0.438 e. The van der Waals surface area contributed by atoms with Crippen LogP contribution in [0.5, 0.6) is 0 Å². The topological polar surface area (TPSA) is 85.8 Å². The fourth-order valence-corrected chi connectivity index (χ4v) is 1.46.